The van der Waals surface area contributed by atoms with Gasteiger partial charge < -0.3 is 5.73 Å². The van der Waals surface area contributed by atoms with Crippen molar-refractivity contribution in [2.75, 3.05) is 5.73 Å². The predicted octanol–water partition coefficient (Wildman–Crippen LogP) is 4.29. The Balaban J connectivity index is 2.26. The van der Waals surface area contributed by atoms with Gasteiger partial charge in [0.05, 0.1) is 11.3 Å². The summed E-state index contributed by atoms with van der Waals surface area (Å²) in [6.07, 6.45) is 0. The average molecular weight is 284 g/mol. The van der Waals surface area contributed by atoms with E-state index in [1.54, 1.807) is 0 Å². The fraction of sp³-hybridized carbons (Fsp3) is 0.0625. The highest BCUT2D eigenvalue weighted by atomic mass is 35.5. The number of benzene rings is 2. The number of aromatic nitrogens is 2. The molecule has 0 fully saturated rings. The van der Waals surface area contributed by atoms with Crippen molar-refractivity contribution in [2.24, 2.45) is 0 Å². The first-order valence-corrected chi connectivity index (χ1v) is 6.71. The minimum absolute atomic E-state index is 0.455. The summed E-state index contributed by atoms with van der Waals surface area (Å²) in [7, 11) is 0. The normalized spacial score (nSPS) is 10.7. The Morgan fingerprint density at radius 1 is 1.00 bits per heavy atom. The Morgan fingerprint density at radius 3 is 2.35 bits per heavy atom. The van der Waals surface area contributed by atoms with Crippen LogP contribution in [-0.2, 0) is 0 Å². The number of nitrogens with one attached hydrogen (secondary N) is 1. The summed E-state index contributed by atoms with van der Waals surface area (Å²) in [5.41, 5.74) is 10.9. The van der Waals surface area contributed by atoms with Gasteiger partial charge in [-0.2, -0.15) is 5.10 Å². The van der Waals surface area contributed by atoms with Crippen molar-refractivity contribution in [3.05, 3.63) is 59.1 Å². The molecular formula is C16H14ClN3. The number of anilines is 1. The molecule has 0 aliphatic rings. The molecule has 2 aromatic carbocycles. The molecule has 0 radical (unpaired) electrons. The van der Waals surface area contributed by atoms with Crippen LogP contribution in [0, 0.1) is 6.92 Å². The summed E-state index contributed by atoms with van der Waals surface area (Å²) in [6.45, 7) is 2.06. The molecule has 0 amide bonds. The topological polar surface area (TPSA) is 54.7 Å². The first kappa shape index (κ1) is 12.8. The number of rotatable bonds is 2. The molecule has 4 heteroatoms. The van der Waals surface area contributed by atoms with E-state index in [2.05, 4.69) is 23.2 Å². The van der Waals surface area contributed by atoms with Crippen LogP contribution in [0.1, 0.15) is 5.56 Å². The lowest BCUT2D eigenvalue weighted by Crippen LogP contribution is -1.90. The van der Waals surface area contributed by atoms with Crippen molar-refractivity contribution < 1.29 is 0 Å². The van der Waals surface area contributed by atoms with Crippen LogP contribution in [0.15, 0.2) is 48.5 Å². The van der Waals surface area contributed by atoms with Gasteiger partial charge >= 0.3 is 0 Å². The van der Waals surface area contributed by atoms with Gasteiger partial charge in [-0.1, -0.05) is 54.1 Å². The highest BCUT2D eigenvalue weighted by Gasteiger charge is 2.17. The molecule has 0 aliphatic carbocycles. The second-order valence-electron chi connectivity index (χ2n) is 4.65. The van der Waals surface area contributed by atoms with Crippen LogP contribution in [0.5, 0.6) is 0 Å². The smallest absolute Gasteiger partial charge is 0.153 e. The molecule has 3 rings (SSSR count). The Bertz CT molecular complexity index is 762. The van der Waals surface area contributed by atoms with Gasteiger partial charge in [0.15, 0.2) is 5.82 Å². The standard InChI is InChI=1S/C16H14ClN3/c1-10-6-2-3-7-11(10)15-14(16(18)20-19-15)12-8-4-5-9-13(12)17/h2-9H,1H3,(H3,18,19,20). The summed E-state index contributed by atoms with van der Waals surface area (Å²) in [4.78, 5) is 0. The third-order valence-corrected chi connectivity index (χ3v) is 3.68. The maximum Gasteiger partial charge on any atom is 0.153 e. The van der Waals surface area contributed by atoms with Crippen molar-refractivity contribution in [3.63, 3.8) is 0 Å². The van der Waals surface area contributed by atoms with Gasteiger partial charge in [0.1, 0.15) is 0 Å². The molecule has 3 nitrogen and oxygen atoms in total. The van der Waals surface area contributed by atoms with Gasteiger partial charge in [0.2, 0.25) is 0 Å². The van der Waals surface area contributed by atoms with E-state index >= 15 is 0 Å². The van der Waals surface area contributed by atoms with Crippen LogP contribution >= 0.6 is 11.6 Å². The predicted molar refractivity (Wildman–Crippen MR) is 83.6 cm³/mol. The number of nitrogens with two attached hydrogens (primary N) is 1. The molecule has 0 bridgehead atoms. The van der Waals surface area contributed by atoms with Gasteiger partial charge in [-0.3, -0.25) is 5.10 Å². The molecule has 0 aliphatic heterocycles. The number of aromatic amines is 1. The molecule has 100 valence electrons. The minimum Gasteiger partial charge on any atom is -0.382 e. The van der Waals surface area contributed by atoms with Crippen LogP contribution in [0.4, 0.5) is 5.82 Å². The number of nitrogen functional groups attached to an aromatic ring is 1. The van der Waals surface area contributed by atoms with E-state index in [9.17, 15) is 0 Å². The molecule has 0 unspecified atom stereocenters. The zero-order valence-electron chi connectivity index (χ0n) is 11.0. The number of nitrogens with zero attached hydrogens (tertiary/aromatic N) is 1. The highest BCUT2D eigenvalue weighted by Crippen LogP contribution is 2.38. The lowest BCUT2D eigenvalue weighted by molar-refractivity contribution is 1.10. The molecule has 1 heterocycles. The highest BCUT2D eigenvalue weighted by molar-refractivity contribution is 6.33. The fourth-order valence-corrected chi connectivity index (χ4v) is 2.57. The second kappa shape index (κ2) is 5.02. The first-order valence-electron chi connectivity index (χ1n) is 6.33. The number of hydrogen-bond acceptors (Lipinski definition) is 2. The summed E-state index contributed by atoms with van der Waals surface area (Å²) in [6, 6.07) is 15.7. The van der Waals surface area contributed by atoms with Crippen LogP contribution in [-0.4, -0.2) is 10.2 Å². The lowest BCUT2D eigenvalue weighted by atomic mass is 9.98. The van der Waals surface area contributed by atoms with Crippen molar-refractivity contribution in [2.45, 2.75) is 6.92 Å². The van der Waals surface area contributed by atoms with Crippen molar-refractivity contribution >= 4 is 17.4 Å². The van der Waals surface area contributed by atoms with Gasteiger partial charge in [-0.15, -0.1) is 0 Å². The Hall–Kier alpha value is -2.26. The Kier molecular flexibility index (Phi) is 3.20. The van der Waals surface area contributed by atoms with Crippen LogP contribution < -0.4 is 5.73 Å². The molecular weight excluding hydrogens is 270 g/mol. The zero-order chi connectivity index (χ0) is 14.1. The molecule has 0 saturated carbocycles. The Labute approximate surface area is 122 Å². The number of hydrogen-bond donors (Lipinski definition) is 2. The molecule has 3 N–H and O–H groups in total. The SMILES string of the molecule is Cc1ccccc1-c1[nH]nc(N)c1-c1ccccc1Cl. The minimum atomic E-state index is 0.455. The van der Waals surface area contributed by atoms with Gasteiger partial charge in [0.25, 0.3) is 0 Å². The van der Waals surface area contributed by atoms with Crippen LogP contribution in [0.2, 0.25) is 5.02 Å². The number of aryl methyl sites for hydroxylation is 1. The van der Waals surface area contributed by atoms with Crippen molar-refractivity contribution in [1.82, 2.24) is 10.2 Å². The maximum absolute atomic E-state index is 6.29. The van der Waals surface area contributed by atoms with Crippen molar-refractivity contribution in [1.29, 1.82) is 0 Å². The largest absolute Gasteiger partial charge is 0.382 e. The van der Waals surface area contributed by atoms with E-state index in [4.69, 9.17) is 17.3 Å². The molecule has 0 spiro atoms. The van der Waals surface area contributed by atoms with Gasteiger partial charge in [-0.25, -0.2) is 0 Å². The van der Waals surface area contributed by atoms with Crippen LogP contribution in [0.25, 0.3) is 22.4 Å². The third-order valence-electron chi connectivity index (χ3n) is 3.35. The van der Waals surface area contributed by atoms with Crippen LogP contribution in [0.3, 0.4) is 0 Å². The van der Waals surface area contributed by atoms with E-state index < -0.39 is 0 Å². The molecule has 0 atom stereocenters. The van der Waals surface area contributed by atoms with E-state index in [0.29, 0.717) is 10.8 Å². The van der Waals surface area contributed by atoms with E-state index in [1.165, 1.54) is 0 Å². The Morgan fingerprint density at radius 2 is 1.65 bits per heavy atom. The molecule has 0 saturated heterocycles. The van der Waals surface area contributed by atoms with E-state index in [1.807, 2.05) is 42.5 Å². The number of H-pyrrole nitrogens is 1. The van der Waals surface area contributed by atoms with Gasteiger partial charge in [0, 0.05) is 16.1 Å². The third kappa shape index (κ3) is 2.06. The zero-order valence-corrected chi connectivity index (χ0v) is 11.8. The maximum atomic E-state index is 6.29. The summed E-state index contributed by atoms with van der Waals surface area (Å²) < 4.78 is 0. The summed E-state index contributed by atoms with van der Waals surface area (Å²) >= 11 is 6.29. The number of halogens is 1. The first-order chi connectivity index (χ1) is 9.68. The quantitative estimate of drug-likeness (QED) is 0.737. The monoisotopic (exact) mass is 283 g/mol. The fourth-order valence-electron chi connectivity index (χ4n) is 2.34. The molecule has 3 aromatic rings. The lowest BCUT2D eigenvalue weighted by Gasteiger charge is -2.08. The second-order valence-corrected chi connectivity index (χ2v) is 5.06. The van der Waals surface area contributed by atoms with E-state index in [-0.39, 0.29) is 0 Å². The van der Waals surface area contributed by atoms with Gasteiger partial charge in [-0.05, 0) is 18.6 Å². The molecule has 1 aromatic heterocycles. The van der Waals surface area contributed by atoms with Crippen molar-refractivity contribution in [3.8, 4) is 22.4 Å². The van der Waals surface area contributed by atoms with E-state index in [0.717, 1.165) is 27.9 Å². The average Bonchev–Trinajstić information content (AvgIpc) is 2.82. The molecule has 20 heavy (non-hydrogen) atoms. The summed E-state index contributed by atoms with van der Waals surface area (Å²) in [5.74, 6) is 0.455. The summed E-state index contributed by atoms with van der Waals surface area (Å²) in [5, 5.41) is 7.83.